The van der Waals surface area contributed by atoms with Crippen molar-refractivity contribution >= 4 is 29.0 Å². The van der Waals surface area contributed by atoms with Gasteiger partial charge in [-0.05, 0) is 37.5 Å². The van der Waals surface area contributed by atoms with Gasteiger partial charge in [-0.25, -0.2) is 14.6 Å². The van der Waals surface area contributed by atoms with Gasteiger partial charge >= 0.3 is 12.0 Å². The Labute approximate surface area is 169 Å². The monoisotopic (exact) mass is 405 g/mol. The number of aryl methyl sites for hydroxylation is 1. The highest BCUT2D eigenvalue weighted by atomic mass is 32.1. The van der Waals surface area contributed by atoms with Crippen LogP contribution in [0, 0.1) is 0 Å². The standard InChI is InChI=1S/C20H27N3O4S/c1-4-15-7-9-16(10-8-15)21-20(25)23(11-6-12-26-3)13-18-22-17(14-28-18)19(24)27-5-2/h7-10,14H,4-6,11-13H2,1-3H3,(H,21,25). The fourth-order valence-electron chi connectivity index (χ4n) is 2.52. The molecule has 0 spiro atoms. The number of hydrogen-bond acceptors (Lipinski definition) is 6. The molecule has 0 unspecified atom stereocenters. The van der Waals surface area contributed by atoms with Crippen LogP contribution in [-0.4, -0.2) is 48.8 Å². The van der Waals surface area contributed by atoms with Crippen LogP contribution in [-0.2, 0) is 22.4 Å². The van der Waals surface area contributed by atoms with Crippen molar-refractivity contribution in [3.05, 3.63) is 45.9 Å². The van der Waals surface area contributed by atoms with E-state index in [1.807, 2.05) is 24.3 Å². The third kappa shape index (κ3) is 6.61. The van der Waals surface area contributed by atoms with Crippen molar-refractivity contribution in [2.75, 3.05) is 32.2 Å². The van der Waals surface area contributed by atoms with Crippen molar-refractivity contribution in [1.29, 1.82) is 0 Å². The third-order valence-corrected chi connectivity index (χ3v) is 4.87. The maximum Gasteiger partial charge on any atom is 0.357 e. The van der Waals surface area contributed by atoms with Gasteiger partial charge in [0, 0.05) is 31.3 Å². The summed E-state index contributed by atoms with van der Waals surface area (Å²) in [7, 11) is 1.63. The molecule has 1 N–H and O–H groups in total. The zero-order valence-corrected chi connectivity index (χ0v) is 17.4. The lowest BCUT2D eigenvalue weighted by atomic mass is 10.1. The number of amides is 2. The molecule has 0 atom stereocenters. The van der Waals surface area contributed by atoms with Crippen LogP contribution in [0.2, 0.25) is 0 Å². The molecule has 0 fully saturated rings. The molecule has 0 aliphatic carbocycles. The predicted molar refractivity (Wildman–Crippen MR) is 110 cm³/mol. The van der Waals surface area contributed by atoms with E-state index in [-0.39, 0.29) is 11.7 Å². The maximum atomic E-state index is 12.8. The van der Waals surface area contributed by atoms with E-state index in [9.17, 15) is 9.59 Å². The van der Waals surface area contributed by atoms with Gasteiger partial charge in [-0.1, -0.05) is 19.1 Å². The Hall–Kier alpha value is -2.45. The first-order valence-corrected chi connectivity index (χ1v) is 10.2. The van der Waals surface area contributed by atoms with Gasteiger partial charge in [-0.15, -0.1) is 11.3 Å². The molecule has 0 aliphatic heterocycles. The Balaban J connectivity index is 2.05. The summed E-state index contributed by atoms with van der Waals surface area (Å²) in [5.41, 5.74) is 2.23. The highest BCUT2D eigenvalue weighted by molar-refractivity contribution is 7.09. The number of rotatable bonds is 10. The summed E-state index contributed by atoms with van der Waals surface area (Å²) in [6.07, 6.45) is 1.65. The summed E-state index contributed by atoms with van der Waals surface area (Å²) >= 11 is 1.34. The molecule has 28 heavy (non-hydrogen) atoms. The molecule has 0 saturated carbocycles. The molecule has 7 nitrogen and oxygen atoms in total. The number of aromatic nitrogens is 1. The van der Waals surface area contributed by atoms with E-state index in [2.05, 4.69) is 17.2 Å². The van der Waals surface area contributed by atoms with Crippen molar-refractivity contribution < 1.29 is 19.1 Å². The van der Waals surface area contributed by atoms with Crippen molar-refractivity contribution in [2.24, 2.45) is 0 Å². The maximum absolute atomic E-state index is 12.8. The van der Waals surface area contributed by atoms with E-state index in [4.69, 9.17) is 9.47 Å². The predicted octanol–water partition coefficient (Wildman–Crippen LogP) is 3.95. The zero-order chi connectivity index (χ0) is 20.4. The van der Waals surface area contributed by atoms with Crippen LogP contribution in [0.3, 0.4) is 0 Å². The van der Waals surface area contributed by atoms with E-state index in [1.54, 1.807) is 24.3 Å². The lowest BCUT2D eigenvalue weighted by Crippen LogP contribution is -2.35. The molecule has 2 amide bonds. The Morgan fingerprint density at radius 1 is 1.21 bits per heavy atom. The first-order valence-electron chi connectivity index (χ1n) is 9.32. The van der Waals surface area contributed by atoms with Gasteiger partial charge in [0.25, 0.3) is 0 Å². The number of nitrogens with zero attached hydrogens (tertiary/aromatic N) is 2. The van der Waals surface area contributed by atoms with Gasteiger partial charge in [-0.2, -0.15) is 0 Å². The third-order valence-electron chi connectivity index (χ3n) is 4.04. The zero-order valence-electron chi connectivity index (χ0n) is 16.6. The SMILES string of the molecule is CCOC(=O)c1csc(CN(CCCOC)C(=O)Nc2ccc(CC)cc2)n1. The second-order valence-electron chi connectivity index (χ2n) is 6.10. The second kappa shape index (κ2) is 11.4. The van der Waals surface area contributed by atoms with Gasteiger partial charge in [-0.3, -0.25) is 0 Å². The minimum Gasteiger partial charge on any atom is -0.461 e. The summed E-state index contributed by atoms with van der Waals surface area (Å²) in [5, 5.41) is 5.25. The van der Waals surface area contributed by atoms with E-state index in [0.717, 1.165) is 12.1 Å². The molecule has 0 aliphatic rings. The number of ether oxygens (including phenoxy) is 2. The average Bonchev–Trinajstić information content (AvgIpc) is 3.17. The van der Waals surface area contributed by atoms with Gasteiger partial charge in [0.2, 0.25) is 0 Å². The number of benzene rings is 1. The lowest BCUT2D eigenvalue weighted by molar-refractivity contribution is 0.0520. The summed E-state index contributed by atoms with van der Waals surface area (Å²) in [6.45, 7) is 5.52. The van der Waals surface area contributed by atoms with E-state index in [1.165, 1.54) is 16.9 Å². The molecule has 0 saturated heterocycles. The van der Waals surface area contributed by atoms with Gasteiger partial charge in [0.05, 0.1) is 13.2 Å². The summed E-state index contributed by atoms with van der Waals surface area (Å²) in [5.74, 6) is -0.448. The van der Waals surface area contributed by atoms with Crippen molar-refractivity contribution in [3.8, 4) is 0 Å². The van der Waals surface area contributed by atoms with Crippen LogP contribution in [0.5, 0.6) is 0 Å². The van der Waals surface area contributed by atoms with Crippen LogP contribution in [0.1, 0.15) is 41.3 Å². The molecular weight excluding hydrogens is 378 g/mol. The van der Waals surface area contributed by atoms with Crippen LogP contribution < -0.4 is 5.32 Å². The summed E-state index contributed by atoms with van der Waals surface area (Å²) in [4.78, 5) is 30.5. The van der Waals surface area contributed by atoms with Gasteiger partial charge < -0.3 is 19.7 Å². The largest absolute Gasteiger partial charge is 0.461 e. The molecular formula is C20H27N3O4S. The fraction of sp³-hybridized carbons (Fsp3) is 0.450. The number of esters is 1. The quantitative estimate of drug-likeness (QED) is 0.478. The van der Waals surface area contributed by atoms with Crippen molar-refractivity contribution in [2.45, 2.75) is 33.2 Å². The molecule has 0 bridgehead atoms. The highest BCUT2D eigenvalue weighted by Gasteiger charge is 2.18. The number of carbonyl (C=O) groups excluding carboxylic acids is 2. The van der Waals surface area contributed by atoms with Crippen LogP contribution in [0.25, 0.3) is 0 Å². The molecule has 2 aromatic rings. The van der Waals surface area contributed by atoms with Crippen LogP contribution in [0.15, 0.2) is 29.6 Å². The summed E-state index contributed by atoms with van der Waals surface area (Å²) < 4.78 is 10.1. The Morgan fingerprint density at radius 3 is 2.61 bits per heavy atom. The van der Waals surface area contributed by atoms with Gasteiger partial charge in [0.1, 0.15) is 5.01 Å². The fourth-order valence-corrected chi connectivity index (χ4v) is 3.30. The van der Waals surface area contributed by atoms with Crippen LogP contribution in [0.4, 0.5) is 10.5 Å². The molecule has 0 radical (unpaired) electrons. The first kappa shape index (κ1) is 21.8. The van der Waals surface area contributed by atoms with Crippen molar-refractivity contribution in [1.82, 2.24) is 9.88 Å². The van der Waals surface area contributed by atoms with E-state index < -0.39 is 5.97 Å². The van der Waals surface area contributed by atoms with Gasteiger partial charge in [0.15, 0.2) is 5.69 Å². The first-order chi connectivity index (χ1) is 13.6. The van der Waals surface area contributed by atoms with Crippen molar-refractivity contribution in [3.63, 3.8) is 0 Å². The highest BCUT2D eigenvalue weighted by Crippen LogP contribution is 2.16. The molecule has 1 aromatic heterocycles. The number of methoxy groups -OCH3 is 1. The number of urea groups is 1. The number of carbonyl (C=O) groups is 2. The minimum absolute atomic E-state index is 0.215. The molecule has 1 heterocycles. The average molecular weight is 406 g/mol. The van der Waals surface area contributed by atoms with Crippen LogP contribution >= 0.6 is 11.3 Å². The number of thiazole rings is 1. The normalized spacial score (nSPS) is 10.5. The number of hydrogen-bond donors (Lipinski definition) is 1. The topological polar surface area (TPSA) is 80.8 Å². The Kier molecular flexibility index (Phi) is 8.90. The van der Waals surface area contributed by atoms with E-state index >= 15 is 0 Å². The van der Waals surface area contributed by atoms with E-state index in [0.29, 0.717) is 37.7 Å². The molecule has 152 valence electrons. The lowest BCUT2D eigenvalue weighted by Gasteiger charge is -2.22. The molecule has 1 aromatic carbocycles. The minimum atomic E-state index is -0.448. The molecule has 2 rings (SSSR count). The second-order valence-corrected chi connectivity index (χ2v) is 7.04. The molecule has 8 heteroatoms. The Bertz CT molecular complexity index is 761. The summed E-state index contributed by atoms with van der Waals surface area (Å²) in [6, 6.07) is 7.57. The number of anilines is 1. The number of nitrogens with one attached hydrogen (secondary N) is 1. The smallest absolute Gasteiger partial charge is 0.357 e. The Morgan fingerprint density at radius 2 is 1.96 bits per heavy atom.